The smallest absolute Gasteiger partial charge is 0.406 e. The zero-order valence-corrected chi connectivity index (χ0v) is 18.4. The number of benzene rings is 2. The monoisotopic (exact) mass is 470 g/mol. The maximum Gasteiger partial charge on any atom is 0.573 e. The second-order valence-corrected chi connectivity index (χ2v) is 9.60. The van der Waals surface area contributed by atoms with Gasteiger partial charge >= 0.3 is 6.36 Å². The van der Waals surface area contributed by atoms with Crippen molar-refractivity contribution in [3.8, 4) is 5.75 Å². The maximum atomic E-state index is 12.6. The van der Waals surface area contributed by atoms with Gasteiger partial charge < -0.3 is 10.1 Å². The summed E-state index contributed by atoms with van der Waals surface area (Å²) in [6, 6.07) is 11.5. The molecular formula is C22H25F3N2O4S. The Kier molecular flexibility index (Phi) is 7.45. The van der Waals surface area contributed by atoms with Crippen LogP contribution in [0.25, 0.3) is 0 Å². The predicted octanol–water partition coefficient (Wildman–Crippen LogP) is 4.18. The van der Waals surface area contributed by atoms with Crippen molar-refractivity contribution >= 4 is 15.9 Å². The summed E-state index contributed by atoms with van der Waals surface area (Å²) in [5, 5.41) is 2.80. The van der Waals surface area contributed by atoms with Gasteiger partial charge in [-0.2, -0.15) is 4.31 Å². The van der Waals surface area contributed by atoms with Gasteiger partial charge in [-0.05, 0) is 61.6 Å². The highest BCUT2D eigenvalue weighted by Crippen LogP contribution is 2.25. The maximum absolute atomic E-state index is 12.6. The van der Waals surface area contributed by atoms with Crippen molar-refractivity contribution in [2.24, 2.45) is 0 Å². The number of nitrogens with one attached hydrogen (secondary N) is 1. The second-order valence-electron chi connectivity index (χ2n) is 7.66. The number of sulfonamides is 1. The van der Waals surface area contributed by atoms with E-state index in [1.165, 1.54) is 28.6 Å². The molecule has 1 N–H and O–H groups in total. The lowest BCUT2D eigenvalue weighted by molar-refractivity contribution is -0.274. The number of rotatable bonds is 8. The number of nitrogens with zero attached hydrogens (tertiary/aromatic N) is 1. The van der Waals surface area contributed by atoms with E-state index in [0.29, 0.717) is 25.1 Å². The topological polar surface area (TPSA) is 75.7 Å². The molecule has 174 valence electrons. The third-order valence-electron chi connectivity index (χ3n) is 5.26. The fourth-order valence-corrected chi connectivity index (χ4v) is 5.04. The second kappa shape index (κ2) is 9.91. The molecule has 0 radical (unpaired) electrons. The van der Waals surface area contributed by atoms with E-state index in [4.69, 9.17) is 0 Å². The molecule has 1 amide bonds. The minimum absolute atomic E-state index is 0.192. The van der Waals surface area contributed by atoms with Crippen LogP contribution in [0.1, 0.15) is 43.4 Å². The van der Waals surface area contributed by atoms with E-state index in [-0.39, 0.29) is 23.0 Å². The first kappa shape index (κ1) is 24.1. The molecule has 3 rings (SSSR count). The summed E-state index contributed by atoms with van der Waals surface area (Å²) in [6.45, 7) is 2.82. The number of carbonyl (C=O) groups excluding carboxylic acids is 1. The molecule has 32 heavy (non-hydrogen) atoms. The summed E-state index contributed by atoms with van der Waals surface area (Å²) in [7, 11) is -3.46. The van der Waals surface area contributed by atoms with Gasteiger partial charge in [0.1, 0.15) is 5.75 Å². The van der Waals surface area contributed by atoms with Crippen LogP contribution < -0.4 is 10.1 Å². The molecule has 2 aromatic carbocycles. The number of halogens is 3. The lowest BCUT2D eigenvalue weighted by atomic mass is 10.1. The van der Waals surface area contributed by atoms with Crippen molar-refractivity contribution in [3.05, 3.63) is 59.7 Å². The van der Waals surface area contributed by atoms with E-state index in [1.54, 1.807) is 31.2 Å². The van der Waals surface area contributed by atoms with Crippen LogP contribution >= 0.6 is 0 Å². The molecule has 1 fully saturated rings. The van der Waals surface area contributed by atoms with Crippen LogP contribution in [0, 0.1) is 0 Å². The molecule has 0 aliphatic carbocycles. The Balaban J connectivity index is 1.50. The highest BCUT2D eigenvalue weighted by molar-refractivity contribution is 7.89. The van der Waals surface area contributed by atoms with Crippen molar-refractivity contribution in [2.45, 2.75) is 49.9 Å². The molecular weight excluding hydrogens is 445 g/mol. The fourth-order valence-electron chi connectivity index (χ4n) is 3.52. The van der Waals surface area contributed by atoms with E-state index >= 15 is 0 Å². The zero-order valence-electron chi connectivity index (χ0n) is 17.6. The molecule has 0 saturated carbocycles. The van der Waals surface area contributed by atoms with Crippen molar-refractivity contribution in [2.75, 3.05) is 13.1 Å². The first-order valence-electron chi connectivity index (χ1n) is 10.3. The molecule has 1 aliphatic rings. The highest BCUT2D eigenvalue weighted by Gasteiger charge is 2.31. The minimum atomic E-state index is -4.75. The van der Waals surface area contributed by atoms with Crippen LogP contribution in [-0.4, -0.2) is 38.1 Å². The normalized spacial score (nSPS) is 16.0. The molecule has 6 nitrogen and oxygen atoms in total. The van der Waals surface area contributed by atoms with Gasteiger partial charge in [0, 0.05) is 19.5 Å². The van der Waals surface area contributed by atoms with E-state index in [1.807, 2.05) is 0 Å². The van der Waals surface area contributed by atoms with Crippen molar-refractivity contribution in [3.63, 3.8) is 0 Å². The Morgan fingerprint density at radius 2 is 1.66 bits per heavy atom. The SMILES string of the molecule is CC(NC(=O)CCc1ccc(S(=O)(=O)N2CCCC2)cc1)c1ccc(OC(F)(F)F)cc1. The molecule has 1 heterocycles. The van der Waals surface area contributed by atoms with E-state index in [0.717, 1.165) is 18.4 Å². The van der Waals surface area contributed by atoms with E-state index < -0.39 is 22.4 Å². The van der Waals surface area contributed by atoms with Crippen LogP contribution in [0.2, 0.25) is 0 Å². The number of ether oxygens (including phenoxy) is 1. The number of alkyl halides is 3. The number of amides is 1. The van der Waals surface area contributed by atoms with Gasteiger partial charge in [-0.3, -0.25) is 4.79 Å². The Bertz CT molecular complexity index is 1020. The molecule has 1 aliphatic heterocycles. The molecule has 0 bridgehead atoms. The van der Waals surface area contributed by atoms with Gasteiger partial charge in [0.05, 0.1) is 10.9 Å². The molecule has 10 heteroatoms. The van der Waals surface area contributed by atoms with Crippen LogP contribution in [0.4, 0.5) is 13.2 Å². The lowest BCUT2D eigenvalue weighted by Crippen LogP contribution is -2.28. The summed E-state index contributed by atoms with van der Waals surface area (Å²) < 4.78 is 67.1. The lowest BCUT2D eigenvalue weighted by Gasteiger charge is -2.16. The van der Waals surface area contributed by atoms with E-state index in [9.17, 15) is 26.4 Å². The largest absolute Gasteiger partial charge is 0.573 e. The standard InChI is InChI=1S/C22H25F3N2O4S/c1-16(18-7-9-19(10-8-18)31-22(23,24)25)26-21(28)13-6-17-4-11-20(12-5-17)32(29,30)27-14-2-3-15-27/h4-5,7-12,16H,2-3,6,13-15H2,1H3,(H,26,28). The summed E-state index contributed by atoms with van der Waals surface area (Å²) in [4.78, 5) is 12.5. The van der Waals surface area contributed by atoms with Crippen LogP contribution in [0.15, 0.2) is 53.4 Å². The van der Waals surface area contributed by atoms with Gasteiger partial charge in [0.25, 0.3) is 0 Å². The first-order chi connectivity index (χ1) is 15.0. The Hall–Kier alpha value is -2.59. The number of hydrogen-bond donors (Lipinski definition) is 1. The van der Waals surface area contributed by atoms with Crippen LogP contribution in [0.3, 0.4) is 0 Å². The average molecular weight is 471 g/mol. The molecule has 1 unspecified atom stereocenters. The number of hydrogen-bond acceptors (Lipinski definition) is 4. The summed E-state index contributed by atoms with van der Waals surface area (Å²) in [6.07, 6.45) is -2.39. The van der Waals surface area contributed by atoms with Gasteiger partial charge in [0.15, 0.2) is 0 Å². The predicted molar refractivity (Wildman–Crippen MR) is 112 cm³/mol. The summed E-state index contributed by atoms with van der Waals surface area (Å²) in [5.41, 5.74) is 1.48. The Morgan fingerprint density at radius 3 is 2.22 bits per heavy atom. The average Bonchev–Trinajstić information content (AvgIpc) is 3.28. The molecule has 1 atom stereocenters. The quantitative estimate of drug-likeness (QED) is 0.628. The highest BCUT2D eigenvalue weighted by atomic mass is 32.2. The Labute approximate surface area is 185 Å². The summed E-state index contributed by atoms with van der Waals surface area (Å²) >= 11 is 0. The molecule has 1 saturated heterocycles. The van der Waals surface area contributed by atoms with Gasteiger partial charge in [0.2, 0.25) is 15.9 Å². The fraction of sp³-hybridized carbons (Fsp3) is 0.409. The number of carbonyl (C=O) groups is 1. The third kappa shape index (κ3) is 6.46. The van der Waals surface area contributed by atoms with Crippen LogP contribution in [-0.2, 0) is 21.2 Å². The Morgan fingerprint density at radius 1 is 1.06 bits per heavy atom. The molecule has 2 aromatic rings. The third-order valence-corrected chi connectivity index (χ3v) is 7.17. The van der Waals surface area contributed by atoms with Crippen molar-refractivity contribution < 1.29 is 31.1 Å². The van der Waals surface area contributed by atoms with Crippen LogP contribution in [0.5, 0.6) is 5.75 Å². The molecule has 0 aromatic heterocycles. The van der Waals surface area contributed by atoms with Gasteiger partial charge in [-0.15, -0.1) is 13.2 Å². The molecule has 0 spiro atoms. The zero-order chi connectivity index (χ0) is 23.4. The summed E-state index contributed by atoms with van der Waals surface area (Å²) in [5.74, 6) is -0.545. The van der Waals surface area contributed by atoms with Crippen molar-refractivity contribution in [1.29, 1.82) is 0 Å². The van der Waals surface area contributed by atoms with E-state index in [2.05, 4.69) is 10.1 Å². The van der Waals surface area contributed by atoms with Gasteiger partial charge in [-0.25, -0.2) is 8.42 Å². The first-order valence-corrected chi connectivity index (χ1v) is 11.7. The minimum Gasteiger partial charge on any atom is -0.406 e. The number of aryl methyl sites for hydroxylation is 1. The van der Waals surface area contributed by atoms with Crippen molar-refractivity contribution in [1.82, 2.24) is 9.62 Å². The van der Waals surface area contributed by atoms with Gasteiger partial charge in [-0.1, -0.05) is 24.3 Å².